The van der Waals surface area contributed by atoms with Gasteiger partial charge in [-0.1, -0.05) is 11.6 Å². The van der Waals surface area contributed by atoms with Crippen LogP contribution >= 0.6 is 11.6 Å². The van der Waals surface area contributed by atoms with Crippen LogP contribution in [0.5, 0.6) is 0 Å². The standard InChI is InChI=1S/C15H15ClN2O3/c1-10-8-11(16)5-6-12(10)17-14(19)9-21-15(20)13-4-3-7-18(13)2/h3-8H,9H2,1-2H3,(H,17,19). The van der Waals surface area contributed by atoms with Crippen LogP contribution in [-0.2, 0) is 16.6 Å². The number of benzene rings is 1. The summed E-state index contributed by atoms with van der Waals surface area (Å²) in [5.41, 5.74) is 1.87. The number of aryl methyl sites for hydroxylation is 2. The van der Waals surface area contributed by atoms with Crippen molar-refractivity contribution >= 4 is 29.2 Å². The molecule has 1 amide bonds. The lowest BCUT2D eigenvalue weighted by Gasteiger charge is -2.09. The number of rotatable bonds is 4. The molecule has 0 saturated carbocycles. The maximum Gasteiger partial charge on any atom is 0.355 e. The van der Waals surface area contributed by atoms with Gasteiger partial charge in [-0.3, -0.25) is 4.79 Å². The number of hydrogen-bond donors (Lipinski definition) is 1. The van der Waals surface area contributed by atoms with Crippen LogP contribution in [0.1, 0.15) is 16.1 Å². The lowest BCUT2D eigenvalue weighted by molar-refractivity contribution is -0.119. The number of nitrogens with one attached hydrogen (secondary N) is 1. The Morgan fingerprint density at radius 2 is 2.10 bits per heavy atom. The Hall–Kier alpha value is -2.27. The number of amides is 1. The van der Waals surface area contributed by atoms with E-state index in [4.69, 9.17) is 16.3 Å². The molecule has 1 aromatic heterocycles. The van der Waals surface area contributed by atoms with Gasteiger partial charge in [-0.25, -0.2) is 4.79 Å². The van der Waals surface area contributed by atoms with Crippen LogP contribution in [0.15, 0.2) is 36.5 Å². The van der Waals surface area contributed by atoms with E-state index in [0.29, 0.717) is 16.4 Å². The normalized spacial score (nSPS) is 10.2. The zero-order valence-electron chi connectivity index (χ0n) is 11.7. The molecule has 1 heterocycles. The molecule has 0 radical (unpaired) electrons. The van der Waals surface area contributed by atoms with Crippen LogP contribution in [-0.4, -0.2) is 23.1 Å². The van der Waals surface area contributed by atoms with Gasteiger partial charge in [-0.15, -0.1) is 0 Å². The maximum atomic E-state index is 11.8. The van der Waals surface area contributed by atoms with Gasteiger partial charge in [0.1, 0.15) is 5.69 Å². The van der Waals surface area contributed by atoms with E-state index in [2.05, 4.69) is 5.32 Å². The molecule has 0 fully saturated rings. The predicted molar refractivity (Wildman–Crippen MR) is 80.5 cm³/mol. The predicted octanol–water partition coefficient (Wildman–Crippen LogP) is 2.78. The van der Waals surface area contributed by atoms with Crippen LogP contribution in [0.4, 0.5) is 5.69 Å². The molecule has 1 N–H and O–H groups in total. The lowest BCUT2D eigenvalue weighted by atomic mass is 10.2. The molecule has 0 unspecified atom stereocenters. The third kappa shape index (κ3) is 3.86. The van der Waals surface area contributed by atoms with Crippen LogP contribution in [0, 0.1) is 6.92 Å². The highest BCUT2D eigenvalue weighted by Crippen LogP contribution is 2.19. The Bertz CT molecular complexity index is 679. The Kier molecular flexibility index (Phi) is 4.65. The van der Waals surface area contributed by atoms with Crippen molar-refractivity contribution in [2.75, 3.05) is 11.9 Å². The Labute approximate surface area is 127 Å². The van der Waals surface area contributed by atoms with Gasteiger partial charge >= 0.3 is 5.97 Å². The van der Waals surface area contributed by atoms with Crippen LogP contribution < -0.4 is 5.32 Å². The maximum absolute atomic E-state index is 11.8. The number of carbonyl (C=O) groups is 2. The number of carbonyl (C=O) groups excluding carboxylic acids is 2. The summed E-state index contributed by atoms with van der Waals surface area (Å²) in [6, 6.07) is 8.49. The van der Waals surface area contributed by atoms with Crippen LogP contribution in [0.3, 0.4) is 0 Å². The van der Waals surface area contributed by atoms with E-state index >= 15 is 0 Å². The Morgan fingerprint density at radius 3 is 2.71 bits per heavy atom. The smallest absolute Gasteiger partial charge is 0.355 e. The summed E-state index contributed by atoms with van der Waals surface area (Å²) < 4.78 is 6.60. The second-order valence-corrected chi connectivity index (χ2v) is 5.02. The molecule has 2 aromatic rings. The zero-order chi connectivity index (χ0) is 15.4. The molecule has 0 saturated heterocycles. The van der Waals surface area contributed by atoms with Crippen LogP contribution in [0.25, 0.3) is 0 Å². The van der Waals surface area contributed by atoms with E-state index in [9.17, 15) is 9.59 Å². The summed E-state index contributed by atoms with van der Waals surface area (Å²) >= 11 is 5.84. The largest absolute Gasteiger partial charge is 0.451 e. The summed E-state index contributed by atoms with van der Waals surface area (Å²) in [6.45, 7) is 1.49. The van der Waals surface area contributed by atoms with Crippen molar-refractivity contribution in [2.45, 2.75) is 6.92 Å². The van der Waals surface area contributed by atoms with Crippen molar-refractivity contribution in [3.8, 4) is 0 Å². The van der Waals surface area contributed by atoms with Crippen molar-refractivity contribution < 1.29 is 14.3 Å². The fourth-order valence-corrected chi connectivity index (χ4v) is 2.06. The molecule has 21 heavy (non-hydrogen) atoms. The SMILES string of the molecule is Cc1cc(Cl)ccc1NC(=O)COC(=O)c1cccn1C. The van der Waals surface area contributed by atoms with Gasteiger partial charge in [0.2, 0.25) is 0 Å². The van der Waals surface area contributed by atoms with Gasteiger partial charge in [-0.05, 0) is 42.8 Å². The first-order chi connectivity index (χ1) is 9.97. The van der Waals surface area contributed by atoms with Gasteiger partial charge in [0.15, 0.2) is 6.61 Å². The summed E-state index contributed by atoms with van der Waals surface area (Å²) in [4.78, 5) is 23.5. The highest BCUT2D eigenvalue weighted by molar-refractivity contribution is 6.30. The molecule has 6 heteroatoms. The molecule has 0 bridgehead atoms. The van der Waals surface area contributed by atoms with E-state index < -0.39 is 11.9 Å². The number of esters is 1. The van der Waals surface area contributed by atoms with Crippen molar-refractivity contribution in [2.24, 2.45) is 7.05 Å². The monoisotopic (exact) mass is 306 g/mol. The van der Waals surface area contributed by atoms with Crippen molar-refractivity contribution in [1.82, 2.24) is 4.57 Å². The van der Waals surface area contributed by atoms with E-state index in [-0.39, 0.29) is 6.61 Å². The fourth-order valence-electron chi connectivity index (χ4n) is 1.83. The lowest BCUT2D eigenvalue weighted by Crippen LogP contribution is -2.22. The van der Waals surface area contributed by atoms with Crippen molar-refractivity contribution in [1.29, 1.82) is 0 Å². The van der Waals surface area contributed by atoms with Gasteiger partial charge in [0, 0.05) is 24.0 Å². The van der Waals surface area contributed by atoms with Gasteiger partial charge < -0.3 is 14.6 Å². The summed E-state index contributed by atoms with van der Waals surface area (Å²) in [5.74, 6) is -0.937. The van der Waals surface area contributed by atoms with Crippen molar-refractivity contribution in [3.05, 3.63) is 52.8 Å². The molecule has 110 valence electrons. The van der Waals surface area contributed by atoms with E-state index in [0.717, 1.165) is 5.56 Å². The molecule has 5 nitrogen and oxygen atoms in total. The number of halogens is 1. The average molecular weight is 307 g/mol. The quantitative estimate of drug-likeness (QED) is 0.884. The zero-order valence-corrected chi connectivity index (χ0v) is 12.5. The second-order valence-electron chi connectivity index (χ2n) is 4.59. The van der Waals surface area contributed by atoms with Crippen LogP contribution in [0.2, 0.25) is 5.02 Å². The highest BCUT2D eigenvalue weighted by atomic mass is 35.5. The summed E-state index contributed by atoms with van der Waals surface area (Å²) in [6.07, 6.45) is 1.73. The van der Waals surface area contributed by atoms with Gasteiger partial charge in [0.25, 0.3) is 5.91 Å². The molecule has 2 rings (SSSR count). The average Bonchev–Trinajstić information content (AvgIpc) is 2.85. The van der Waals surface area contributed by atoms with Gasteiger partial charge in [-0.2, -0.15) is 0 Å². The minimum atomic E-state index is -0.537. The van der Waals surface area contributed by atoms with E-state index in [1.165, 1.54) is 0 Å². The molecule has 1 aromatic carbocycles. The number of anilines is 1. The van der Waals surface area contributed by atoms with Crippen molar-refractivity contribution in [3.63, 3.8) is 0 Å². The third-order valence-corrected chi connectivity index (χ3v) is 3.18. The number of nitrogens with zero attached hydrogens (tertiary/aromatic N) is 1. The number of aromatic nitrogens is 1. The molecular formula is C15H15ClN2O3. The Balaban J connectivity index is 1.90. The number of ether oxygens (including phenoxy) is 1. The van der Waals surface area contributed by atoms with Gasteiger partial charge in [0.05, 0.1) is 0 Å². The molecule has 0 aliphatic carbocycles. The first-order valence-electron chi connectivity index (χ1n) is 6.32. The molecule has 0 spiro atoms. The number of hydrogen-bond acceptors (Lipinski definition) is 3. The third-order valence-electron chi connectivity index (χ3n) is 2.95. The highest BCUT2D eigenvalue weighted by Gasteiger charge is 2.13. The van der Waals surface area contributed by atoms with E-state index in [1.54, 1.807) is 48.1 Å². The minimum Gasteiger partial charge on any atom is -0.451 e. The topological polar surface area (TPSA) is 60.3 Å². The van der Waals surface area contributed by atoms with E-state index in [1.807, 2.05) is 6.92 Å². The first kappa shape index (κ1) is 15.1. The molecule has 0 aliphatic rings. The second kappa shape index (κ2) is 6.45. The molecule has 0 aliphatic heterocycles. The molecular weight excluding hydrogens is 292 g/mol. The first-order valence-corrected chi connectivity index (χ1v) is 6.69. The summed E-state index contributed by atoms with van der Waals surface area (Å²) in [7, 11) is 1.73. The summed E-state index contributed by atoms with van der Waals surface area (Å²) in [5, 5.41) is 3.27. The Morgan fingerprint density at radius 1 is 1.33 bits per heavy atom. The fraction of sp³-hybridized carbons (Fsp3) is 0.200. The minimum absolute atomic E-state index is 0.341. The molecule has 0 atom stereocenters.